The summed E-state index contributed by atoms with van der Waals surface area (Å²) < 4.78 is 11.1. The van der Waals surface area contributed by atoms with Gasteiger partial charge in [-0.05, 0) is 42.9 Å². The monoisotopic (exact) mass is 409 g/mol. The molecular formula is C24H31N3O3. The first kappa shape index (κ1) is 20.7. The molecule has 0 aromatic heterocycles. The molecule has 2 aliphatic rings. The normalized spacial score (nSPS) is 23.5. The van der Waals surface area contributed by atoms with Gasteiger partial charge in [0.2, 0.25) is 5.91 Å². The summed E-state index contributed by atoms with van der Waals surface area (Å²) in [5, 5.41) is 0. The maximum atomic E-state index is 12.6. The van der Waals surface area contributed by atoms with Crippen molar-refractivity contribution >= 4 is 5.91 Å². The van der Waals surface area contributed by atoms with Crippen LogP contribution in [0, 0.1) is 5.92 Å². The molecule has 2 N–H and O–H groups in total. The summed E-state index contributed by atoms with van der Waals surface area (Å²) in [5.74, 6) is 2.38. The summed E-state index contributed by atoms with van der Waals surface area (Å²) in [6.45, 7) is 2.36. The van der Waals surface area contributed by atoms with Crippen LogP contribution in [-0.2, 0) is 11.2 Å². The third kappa shape index (κ3) is 5.32. The number of amides is 1. The quantitative estimate of drug-likeness (QED) is 0.702. The van der Waals surface area contributed by atoms with Gasteiger partial charge in [-0.2, -0.15) is 0 Å². The Kier molecular flexibility index (Phi) is 6.87. The summed E-state index contributed by atoms with van der Waals surface area (Å²) in [5.41, 5.74) is 7.97. The van der Waals surface area contributed by atoms with E-state index in [2.05, 4.69) is 10.9 Å². The van der Waals surface area contributed by atoms with Crippen molar-refractivity contribution in [2.45, 2.75) is 37.8 Å². The van der Waals surface area contributed by atoms with Crippen molar-refractivity contribution in [3.05, 3.63) is 60.2 Å². The first-order chi connectivity index (χ1) is 14.7. The van der Waals surface area contributed by atoms with Crippen LogP contribution in [0.5, 0.6) is 11.5 Å². The predicted octanol–water partition coefficient (Wildman–Crippen LogP) is 2.79. The minimum Gasteiger partial charge on any atom is -0.497 e. The zero-order valence-corrected chi connectivity index (χ0v) is 17.5. The smallest absolute Gasteiger partial charge is 0.226 e. The van der Waals surface area contributed by atoms with Gasteiger partial charge in [-0.1, -0.05) is 36.4 Å². The Labute approximate surface area is 178 Å². The van der Waals surface area contributed by atoms with Crippen LogP contribution in [0.2, 0.25) is 0 Å². The number of carbonyl (C=O) groups is 1. The molecule has 0 radical (unpaired) electrons. The molecule has 3 atom stereocenters. The lowest BCUT2D eigenvalue weighted by Crippen LogP contribution is -2.39. The molecule has 0 bridgehead atoms. The van der Waals surface area contributed by atoms with Crippen molar-refractivity contribution in [2.75, 3.05) is 26.8 Å². The van der Waals surface area contributed by atoms with Crippen LogP contribution in [0.25, 0.3) is 0 Å². The number of nitrogens with one attached hydrogen (secondary N) is 2. The number of hydrazine groups is 1. The second-order valence-corrected chi connectivity index (χ2v) is 8.19. The average Bonchev–Trinajstić information content (AvgIpc) is 3.44. The Morgan fingerprint density at radius 3 is 2.77 bits per heavy atom. The standard InChI is InChI=1S/C24H31N3O3/c1-29-21-8-5-9-22(16-21)30-13-11-20-15-23(26-25-20)19-10-12-27(17-19)24(28)14-18-6-3-2-4-7-18/h2-9,16,19-20,23,25-26H,10-15,17H2,1H3. The number of likely N-dealkylation sites (tertiary alicyclic amines) is 1. The van der Waals surface area contributed by atoms with Crippen LogP contribution in [0.15, 0.2) is 54.6 Å². The van der Waals surface area contributed by atoms with Gasteiger partial charge in [-0.15, -0.1) is 0 Å². The van der Waals surface area contributed by atoms with E-state index in [1.165, 1.54) is 0 Å². The van der Waals surface area contributed by atoms with Gasteiger partial charge in [-0.3, -0.25) is 15.6 Å². The molecular weight excluding hydrogens is 378 g/mol. The number of nitrogens with zero attached hydrogens (tertiary/aromatic N) is 1. The molecule has 0 aliphatic carbocycles. The van der Waals surface area contributed by atoms with E-state index in [-0.39, 0.29) is 5.91 Å². The van der Waals surface area contributed by atoms with Gasteiger partial charge in [0.25, 0.3) is 0 Å². The van der Waals surface area contributed by atoms with E-state index in [4.69, 9.17) is 9.47 Å². The molecule has 3 unspecified atom stereocenters. The lowest BCUT2D eigenvalue weighted by atomic mass is 9.94. The number of benzene rings is 2. The number of carbonyl (C=O) groups excluding carboxylic acids is 1. The molecule has 2 heterocycles. The molecule has 2 saturated heterocycles. The van der Waals surface area contributed by atoms with E-state index in [9.17, 15) is 4.79 Å². The van der Waals surface area contributed by atoms with E-state index in [0.717, 1.165) is 49.4 Å². The van der Waals surface area contributed by atoms with Crippen molar-refractivity contribution in [1.29, 1.82) is 0 Å². The van der Waals surface area contributed by atoms with E-state index >= 15 is 0 Å². The van der Waals surface area contributed by atoms with Gasteiger partial charge in [0, 0.05) is 31.2 Å². The molecule has 1 amide bonds. The van der Waals surface area contributed by atoms with Crippen LogP contribution < -0.4 is 20.3 Å². The lowest BCUT2D eigenvalue weighted by Gasteiger charge is -2.20. The van der Waals surface area contributed by atoms with Gasteiger partial charge < -0.3 is 14.4 Å². The van der Waals surface area contributed by atoms with E-state index < -0.39 is 0 Å². The minimum absolute atomic E-state index is 0.234. The molecule has 6 heteroatoms. The molecule has 2 aromatic rings. The fraction of sp³-hybridized carbons (Fsp3) is 0.458. The summed E-state index contributed by atoms with van der Waals surface area (Å²) in [6, 6.07) is 18.5. The molecule has 0 spiro atoms. The maximum Gasteiger partial charge on any atom is 0.226 e. The Balaban J connectivity index is 1.19. The molecule has 6 nitrogen and oxygen atoms in total. The van der Waals surface area contributed by atoms with Crippen LogP contribution in [-0.4, -0.2) is 49.7 Å². The Morgan fingerprint density at radius 2 is 1.93 bits per heavy atom. The molecule has 4 rings (SSSR count). The number of ether oxygens (including phenoxy) is 2. The Hall–Kier alpha value is -2.57. The lowest BCUT2D eigenvalue weighted by molar-refractivity contribution is -0.129. The zero-order chi connectivity index (χ0) is 20.8. The molecule has 160 valence electrons. The second kappa shape index (κ2) is 9.96. The van der Waals surface area contributed by atoms with Gasteiger partial charge in [0.05, 0.1) is 20.1 Å². The highest BCUT2D eigenvalue weighted by atomic mass is 16.5. The van der Waals surface area contributed by atoms with Gasteiger partial charge in [-0.25, -0.2) is 0 Å². The van der Waals surface area contributed by atoms with E-state index in [1.807, 2.05) is 59.5 Å². The van der Waals surface area contributed by atoms with Crippen molar-refractivity contribution < 1.29 is 14.3 Å². The number of hydrogen-bond donors (Lipinski definition) is 2. The highest BCUT2D eigenvalue weighted by molar-refractivity contribution is 5.79. The summed E-state index contributed by atoms with van der Waals surface area (Å²) in [4.78, 5) is 14.7. The Morgan fingerprint density at radius 1 is 1.10 bits per heavy atom. The van der Waals surface area contributed by atoms with Gasteiger partial charge >= 0.3 is 0 Å². The molecule has 0 saturated carbocycles. The van der Waals surface area contributed by atoms with Crippen molar-refractivity contribution in [3.8, 4) is 11.5 Å². The van der Waals surface area contributed by atoms with Gasteiger partial charge in [0.1, 0.15) is 11.5 Å². The average molecular weight is 410 g/mol. The molecule has 2 fully saturated rings. The Bertz CT molecular complexity index is 829. The van der Waals surface area contributed by atoms with Crippen LogP contribution >= 0.6 is 0 Å². The maximum absolute atomic E-state index is 12.6. The van der Waals surface area contributed by atoms with Crippen molar-refractivity contribution in [2.24, 2.45) is 5.92 Å². The zero-order valence-electron chi connectivity index (χ0n) is 17.5. The molecule has 2 aliphatic heterocycles. The largest absolute Gasteiger partial charge is 0.497 e. The second-order valence-electron chi connectivity index (χ2n) is 8.19. The third-order valence-electron chi connectivity index (χ3n) is 6.13. The molecule has 30 heavy (non-hydrogen) atoms. The van der Waals surface area contributed by atoms with Crippen LogP contribution in [0.3, 0.4) is 0 Å². The highest BCUT2D eigenvalue weighted by Gasteiger charge is 2.35. The van der Waals surface area contributed by atoms with Crippen molar-refractivity contribution in [1.82, 2.24) is 15.8 Å². The fourth-order valence-corrected chi connectivity index (χ4v) is 4.38. The molecule has 2 aromatic carbocycles. The van der Waals surface area contributed by atoms with Crippen LogP contribution in [0.4, 0.5) is 0 Å². The SMILES string of the molecule is COc1cccc(OCCC2CC(C3CCN(C(=O)Cc4ccccc4)C3)NN2)c1. The number of hydrogen-bond acceptors (Lipinski definition) is 5. The van der Waals surface area contributed by atoms with E-state index in [0.29, 0.717) is 31.0 Å². The first-order valence-electron chi connectivity index (χ1n) is 10.8. The minimum atomic E-state index is 0.234. The van der Waals surface area contributed by atoms with Crippen molar-refractivity contribution in [3.63, 3.8) is 0 Å². The number of methoxy groups -OCH3 is 1. The topological polar surface area (TPSA) is 62.8 Å². The highest BCUT2D eigenvalue weighted by Crippen LogP contribution is 2.26. The van der Waals surface area contributed by atoms with Gasteiger partial charge in [0.15, 0.2) is 0 Å². The third-order valence-corrected chi connectivity index (χ3v) is 6.13. The van der Waals surface area contributed by atoms with Crippen LogP contribution in [0.1, 0.15) is 24.8 Å². The summed E-state index contributed by atoms with van der Waals surface area (Å²) in [7, 11) is 1.66. The van der Waals surface area contributed by atoms with E-state index in [1.54, 1.807) is 7.11 Å². The fourth-order valence-electron chi connectivity index (χ4n) is 4.38. The summed E-state index contributed by atoms with van der Waals surface area (Å²) in [6.07, 6.45) is 3.55. The summed E-state index contributed by atoms with van der Waals surface area (Å²) >= 11 is 0. The number of rotatable bonds is 8. The first-order valence-corrected chi connectivity index (χ1v) is 10.8. The predicted molar refractivity (Wildman–Crippen MR) is 116 cm³/mol.